The van der Waals surface area contributed by atoms with Crippen molar-refractivity contribution in [3.8, 4) is 0 Å². The molecule has 5 nitrogen and oxygen atoms in total. The van der Waals surface area contributed by atoms with E-state index in [0.29, 0.717) is 6.54 Å². The molecule has 0 atom stereocenters. The summed E-state index contributed by atoms with van der Waals surface area (Å²) in [5, 5.41) is 6.18. The first-order valence-corrected chi connectivity index (χ1v) is 7.17. The van der Waals surface area contributed by atoms with E-state index in [1.165, 1.54) is 0 Å². The molecule has 3 rings (SSSR count). The molecule has 21 heavy (non-hydrogen) atoms. The van der Waals surface area contributed by atoms with Crippen molar-refractivity contribution >= 4 is 17.4 Å². The number of hydrogen-bond donors (Lipinski definition) is 2. The van der Waals surface area contributed by atoms with Gasteiger partial charge in [-0.2, -0.15) is 0 Å². The smallest absolute Gasteiger partial charge is 0.321 e. The molecule has 0 unspecified atom stereocenters. The minimum absolute atomic E-state index is 0.0277. The predicted molar refractivity (Wildman–Crippen MR) is 82.6 cm³/mol. The Morgan fingerprint density at radius 1 is 1.33 bits per heavy atom. The van der Waals surface area contributed by atoms with Crippen molar-refractivity contribution in [2.75, 3.05) is 23.3 Å². The summed E-state index contributed by atoms with van der Waals surface area (Å²) in [6.07, 6.45) is 0.967. The molecule has 110 valence electrons. The Hall–Kier alpha value is -2.43. The van der Waals surface area contributed by atoms with Crippen LogP contribution in [0, 0.1) is 6.92 Å². The number of nitrogens with zero attached hydrogens (tertiary/aromatic N) is 1. The van der Waals surface area contributed by atoms with Crippen molar-refractivity contribution < 1.29 is 9.21 Å². The molecule has 0 radical (unpaired) electrons. The van der Waals surface area contributed by atoms with Crippen LogP contribution in [-0.2, 0) is 6.54 Å². The van der Waals surface area contributed by atoms with Crippen LogP contribution in [0.2, 0.25) is 0 Å². The summed E-state index contributed by atoms with van der Waals surface area (Å²) >= 11 is 0. The topological polar surface area (TPSA) is 57.5 Å². The third kappa shape index (κ3) is 3.18. The van der Waals surface area contributed by atoms with Gasteiger partial charge in [-0.25, -0.2) is 4.79 Å². The minimum Gasteiger partial charge on any atom is -0.465 e. The largest absolute Gasteiger partial charge is 0.465 e. The van der Waals surface area contributed by atoms with E-state index >= 15 is 0 Å². The molecular weight excluding hydrogens is 266 g/mol. The summed E-state index contributed by atoms with van der Waals surface area (Å²) in [6.45, 7) is 4.07. The Morgan fingerprint density at radius 2 is 2.24 bits per heavy atom. The van der Waals surface area contributed by atoms with E-state index < -0.39 is 0 Å². The monoisotopic (exact) mass is 285 g/mol. The van der Waals surface area contributed by atoms with Gasteiger partial charge in [0.1, 0.15) is 11.5 Å². The number of benzene rings is 1. The van der Waals surface area contributed by atoms with Crippen LogP contribution < -0.4 is 15.5 Å². The molecule has 5 heteroatoms. The lowest BCUT2D eigenvalue weighted by atomic mass is 10.2. The fourth-order valence-electron chi connectivity index (χ4n) is 2.43. The van der Waals surface area contributed by atoms with Crippen LogP contribution in [0.3, 0.4) is 0 Å². The zero-order valence-corrected chi connectivity index (χ0v) is 12.1. The standard InChI is InChI=1S/C16H19N3O2/c1-12-6-7-15(21-12)11-18-13-4-2-5-14(10-13)19-9-3-8-17-16(19)20/h2,4-7,10,18H,3,8-9,11H2,1H3,(H,17,20). The quantitative estimate of drug-likeness (QED) is 0.907. The molecule has 1 fully saturated rings. The SMILES string of the molecule is Cc1ccc(CNc2cccc(N3CCCNC3=O)c2)o1. The highest BCUT2D eigenvalue weighted by Gasteiger charge is 2.19. The molecule has 0 spiro atoms. The summed E-state index contributed by atoms with van der Waals surface area (Å²) in [4.78, 5) is 13.6. The van der Waals surface area contributed by atoms with E-state index in [9.17, 15) is 4.79 Å². The highest BCUT2D eigenvalue weighted by Crippen LogP contribution is 2.21. The molecule has 0 aliphatic carbocycles. The van der Waals surface area contributed by atoms with Crippen molar-refractivity contribution in [2.45, 2.75) is 19.9 Å². The van der Waals surface area contributed by atoms with Crippen LogP contribution >= 0.6 is 0 Å². The van der Waals surface area contributed by atoms with Crippen molar-refractivity contribution in [2.24, 2.45) is 0 Å². The molecule has 2 N–H and O–H groups in total. The van der Waals surface area contributed by atoms with E-state index in [4.69, 9.17) is 4.42 Å². The number of carbonyl (C=O) groups excluding carboxylic acids is 1. The van der Waals surface area contributed by atoms with Gasteiger partial charge in [0.2, 0.25) is 0 Å². The molecule has 1 aliphatic heterocycles. The molecule has 2 aromatic rings. The molecule has 1 aromatic heterocycles. The van der Waals surface area contributed by atoms with Crippen LogP contribution in [0.25, 0.3) is 0 Å². The van der Waals surface area contributed by atoms with Crippen LogP contribution in [0.5, 0.6) is 0 Å². The molecule has 1 aliphatic rings. The number of aryl methyl sites for hydroxylation is 1. The Morgan fingerprint density at radius 3 is 3.00 bits per heavy atom. The molecule has 1 saturated heterocycles. The fourth-order valence-corrected chi connectivity index (χ4v) is 2.43. The first kappa shape index (κ1) is 13.5. The Labute approximate surface area is 123 Å². The lowest BCUT2D eigenvalue weighted by molar-refractivity contribution is 0.243. The normalized spacial score (nSPS) is 14.9. The molecule has 0 bridgehead atoms. The predicted octanol–water partition coefficient (Wildman–Crippen LogP) is 3.12. The van der Waals surface area contributed by atoms with Gasteiger partial charge in [-0.15, -0.1) is 0 Å². The maximum Gasteiger partial charge on any atom is 0.321 e. The summed E-state index contributed by atoms with van der Waals surface area (Å²) in [7, 11) is 0. The summed E-state index contributed by atoms with van der Waals surface area (Å²) < 4.78 is 5.53. The lowest BCUT2D eigenvalue weighted by Crippen LogP contribution is -2.46. The number of rotatable bonds is 4. The molecule has 0 saturated carbocycles. The fraction of sp³-hybridized carbons (Fsp3) is 0.312. The van der Waals surface area contributed by atoms with Gasteiger partial charge >= 0.3 is 6.03 Å². The first-order valence-electron chi connectivity index (χ1n) is 7.17. The van der Waals surface area contributed by atoms with Crippen LogP contribution in [0.15, 0.2) is 40.8 Å². The Bertz CT molecular complexity index is 636. The van der Waals surface area contributed by atoms with E-state index in [2.05, 4.69) is 10.6 Å². The van der Waals surface area contributed by atoms with E-state index in [1.54, 1.807) is 4.90 Å². The van der Waals surface area contributed by atoms with E-state index in [-0.39, 0.29) is 6.03 Å². The van der Waals surface area contributed by atoms with Gasteiger partial charge in [0, 0.05) is 24.5 Å². The Balaban J connectivity index is 1.69. The van der Waals surface area contributed by atoms with Crippen molar-refractivity contribution in [1.29, 1.82) is 0 Å². The summed E-state index contributed by atoms with van der Waals surface area (Å²) in [5.41, 5.74) is 1.88. The Kier molecular flexibility index (Phi) is 3.81. The van der Waals surface area contributed by atoms with Crippen molar-refractivity contribution in [1.82, 2.24) is 5.32 Å². The second-order valence-electron chi connectivity index (χ2n) is 5.15. The molecular formula is C16H19N3O2. The minimum atomic E-state index is -0.0277. The number of anilines is 2. The number of nitrogens with one attached hydrogen (secondary N) is 2. The third-order valence-corrected chi connectivity index (χ3v) is 3.50. The van der Waals surface area contributed by atoms with Gasteiger partial charge < -0.3 is 15.1 Å². The van der Waals surface area contributed by atoms with Gasteiger partial charge in [-0.1, -0.05) is 6.07 Å². The van der Waals surface area contributed by atoms with E-state index in [0.717, 1.165) is 42.4 Å². The maximum atomic E-state index is 11.9. The number of hydrogen-bond acceptors (Lipinski definition) is 3. The number of furan rings is 1. The molecule has 1 aromatic carbocycles. The highest BCUT2D eigenvalue weighted by atomic mass is 16.3. The van der Waals surface area contributed by atoms with Crippen LogP contribution in [-0.4, -0.2) is 19.1 Å². The number of carbonyl (C=O) groups is 1. The number of amides is 2. The van der Waals surface area contributed by atoms with Gasteiger partial charge in [0.25, 0.3) is 0 Å². The maximum absolute atomic E-state index is 11.9. The first-order chi connectivity index (χ1) is 10.2. The van der Waals surface area contributed by atoms with Gasteiger partial charge in [-0.05, 0) is 43.7 Å². The zero-order valence-electron chi connectivity index (χ0n) is 12.1. The second-order valence-corrected chi connectivity index (χ2v) is 5.15. The highest BCUT2D eigenvalue weighted by molar-refractivity contribution is 5.93. The summed E-state index contributed by atoms with van der Waals surface area (Å²) in [6, 6.07) is 11.8. The van der Waals surface area contributed by atoms with Crippen LogP contribution in [0.4, 0.5) is 16.2 Å². The zero-order chi connectivity index (χ0) is 14.7. The van der Waals surface area contributed by atoms with Gasteiger partial charge in [0.15, 0.2) is 0 Å². The van der Waals surface area contributed by atoms with Gasteiger partial charge in [0.05, 0.1) is 6.54 Å². The third-order valence-electron chi connectivity index (χ3n) is 3.50. The average molecular weight is 285 g/mol. The molecule has 2 amide bonds. The molecule has 2 heterocycles. The van der Waals surface area contributed by atoms with Crippen molar-refractivity contribution in [3.63, 3.8) is 0 Å². The van der Waals surface area contributed by atoms with Gasteiger partial charge in [-0.3, -0.25) is 4.90 Å². The van der Waals surface area contributed by atoms with Crippen LogP contribution in [0.1, 0.15) is 17.9 Å². The second kappa shape index (κ2) is 5.91. The van der Waals surface area contributed by atoms with Crippen molar-refractivity contribution in [3.05, 3.63) is 47.9 Å². The lowest BCUT2D eigenvalue weighted by Gasteiger charge is -2.27. The average Bonchev–Trinajstić information content (AvgIpc) is 2.92. The number of urea groups is 1. The van der Waals surface area contributed by atoms with E-state index in [1.807, 2.05) is 43.3 Å². The summed E-state index contributed by atoms with van der Waals surface area (Å²) in [5.74, 6) is 1.80.